The third kappa shape index (κ3) is 3.43. The number of fused-ring (bicyclic) bond motifs is 1. The predicted molar refractivity (Wildman–Crippen MR) is 110 cm³/mol. The Balaban J connectivity index is 1.50. The second kappa shape index (κ2) is 7.77. The van der Waals surface area contributed by atoms with Crippen molar-refractivity contribution in [2.45, 2.75) is 18.9 Å². The number of hydrogen-bond acceptors (Lipinski definition) is 6. The maximum Gasteiger partial charge on any atom is 0.137 e. The lowest BCUT2D eigenvalue weighted by molar-refractivity contribution is 0.0904. The van der Waals surface area contributed by atoms with Crippen molar-refractivity contribution in [3.05, 3.63) is 36.5 Å². The lowest BCUT2D eigenvalue weighted by Gasteiger charge is -2.29. The van der Waals surface area contributed by atoms with E-state index < -0.39 is 0 Å². The summed E-state index contributed by atoms with van der Waals surface area (Å²) in [5, 5.41) is 12.5. The summed E-state index contributed by atoms with van der Waals surface area (Å²) in [5.41, 5.74) is 4.24. The quantitative estimate of drug-likeness (QED) is 0.726. The standard InChI is InChI=1S/C21H25N5O2/c1-2-15(14-17(3-1)26-8-12-28-13-9-26)20-19-18(24-25-20)4-7-22-21(19)23-16-5-10-27-11-6-16/h1-4,7,14,16H,5-6,8-13H2,(H,22,23)(H,24,25). The van der Waals surface area contributed by atoms with Gasteiger partial charge in [-0.1, -0.05) is 12.1 Å². The Morgan fingerprint density at radius 3 is 2.71 bits per heavy atom. The van der Waals surface area contributed by atoms with Crippen molar-refractivity contribution >= 4 is 22.4 Å². The summed E-state index contributed by atoms with van der Waals surface area (Å²) in [4.78, 5) is 7.00. The molecule has 0 bridgehead atoms. The number of H-pyrrole nitrogens is 1. The zero-order chi connectivity index (χ0) is 18.8. The van der Waals surface area contributed by atoms with Gasteiger partial charge in [0.2, 0.25) is 0 Å². The third-order valence-corrected chi connectivity index (χ3v) is 5.53. The number of nitrogens with one attached hydrogen (secondary N) is 2. The molecule has 2 aliphatic rings. The zero-order valence-corrected chi connectivity index (χ0v) is 15.9. The Hall–Kier alpha value is -2.64. The van der Waals surface area contributed by atoms with Crippen LogP contribution in [0.5, 0.6) is 0 Å². The number of hydrogen-bond donors (Lipinski definition) is 2. The lowest BCUT2D eigenvalue weighted by Crippen LogP contribution is -2.36. The molecular formula is C21H25N5O2. The van der Waals surface area contributed by atoms with Crippen LogP contribution < -0.4 is 10.2 Å². The first-order valence-corrected chi connectivity index (χ1v) is 9.99. The topological polar surface area (TPSA) is 75.3 Å². The van der Waals surface area contributed by atoms with Crippen molar-refractivity contribution in [2.75, 3.05) is 49.7 Å². The van der Waals surface area contributed by atoms with Crippen molar-refractivity contribution in [1.29, 1.82) is 0 Å². The average molecular weight is 379 g/mol. The Labute approximate surface area is 164 Å². The van der Waals surface area contributed by atoms with Gasteiger partial charge >= 0.3 is 0 Å². The second-order valence-corrected chi connectivity index (χ2v) is 7.34. The highest BCUT2D eigenvalue weighted by atomic mass is 16.5. The van der Waals surface area contributed by atoms with Gasteiger partial charge in [0.1, 0.15) is 11.5 Å². The van der Waals surface area contributed by atoms with E-state index in [4.69, 9.17) is 9.47 Å². The first-order chi connectivity index (χ1) is 13.9. The molecule has 7 heteroatoms. The molecule has 2 N–H and O–H groups in total. The van der Waals surface area contributed by atoms with E-state index in [1.165, 1.54) is 5.69 Å². The molecule has 4 heterocycles. The molecule has 2 saturated heterocycles. The molecule has 1 aromatic carbocycles. The molecule has 0 atom stereocenters. The summed E-state index contributed by atoms with van der Waals surface area (Å²) in [6.07, 6.45) is 3.83. The molecule has 0 radical (unpaired) electrons. The largest absolute Gasteiger partial charge is 0.381 e. The number of aromatic nitrogens is 3. The van der Waals surface area contributed by atoms with E-state index in [0.717, 1.165) is 80.3 Å². The van der Waals surface area contributed by atoms with E-state index >= 15 is 0 Å². The molecule has 5 rings (SSSR count). The summed E-state index contributed by atoms with van der Waals surface area (Å²) >= 11 is 0. The van der Waals surface area contributed by atoms with Gasteiger partial charge in [0.15, 0.2) is 0 Å². The fourth-order valence-electron chi connectivity index (χ4n) is 3.99. The lowest BCUT2D eigenvalue weighted by atomic mass is 10.1. The second-order valence-electron chi connectivity index (χ2n) is 7.34. The minimum Gasteiger partial charge on any atom is -0.381 e. The van der Waals surface area contributed by atoms with Gasteiger partial charge in [-0.2, -0.15) is 5.10 Å². The third-order valence-electron chi connectivity index (χ3n) is 5.53. The minimum absolute atomic E-state index is 0.384. The number of benzene rings is 1. The van der Waals surface area contributed by atoms with Gasteiger partial charge in [0.05, 0.1) is 24.1 Å². The highest BCUT2D eigenvalue weighted by molar-refractivity contribution is 6.00. The van der Waals surface area contributed by atoms with Gasteiger partial charge < -0.3 is 19.7 Å². The van der Waals surface area contributed by atoms with E-state index in [9.17, 15) is 0 Å². The first-order valence-electron chi connectivity index (χ1n) is 9.99. The maximum atomic E-state index is 5.48. The van der Waals surface area contributed by atoms with E-state index in [2.05, 4.69) is 49.7 Å². The van der Waals surface area contributed by atoms with Gasteiger partial charge in [0.25, 0.3) is 0 Å². The van der Waals surface area contributed by atoms with Crippen molar-refractivity contribution in [1.82, 2.24) is 15.2 Å². The van der Waals surface area contributed by atoms with E-state index in [0.29, 0.717) is 6.04 Å². The Kier molecular flexibility index (Phi) is 4.85. The van der Waals surface area contributed by atoms with Crippen molar-refractivity contribution in [3.63, 3.8) is 0 Å². The molecule has 0 aliphatic carbocycles. The van der Waals surface area contributed by atoms with E-state index in [-0.39, 0.29) is 0 Å². The molecule has 146 valence electrons. The molecule has 0 unspecified atom stereocenters. The molecule has 3 aromatic rings. The summed E-state index contributed by atoms with van der Waals surface area (Å²) in [6, 6.07) is 10.9. The number of nitrogens with zero attached hydrogens (tertiary/aromatic N) is 3. The van der Waals surface area contributed by atoms with Crippen LogP contribution >= 0.6 is 0 Å². The number of anilines is 2. The van der Waals surface area contributed by atoms with Crippen LogP contribution in [0.1, 0.15) is 12.8 Å². The van der Waals surface area contributed by atoms with Gasteiger partial charge in [-0.25, -0.2) is 4.98 Å². The van der Waals surface area contributed by atoms with Crippen LogP contribution in [0, 0.1) is 0 Å². The molecule has 2 fully saturated rings. The van der Waals surface area contributed by atoms with E-state index in [1.54, 1.807) is 0 Å². The highest BCUT2D eigenvalue weighted by Crippen LogP contribution is 2.33. The van der Waals surface area contributed by atoms with Gasteiger partial charge in [0, 0.05) is 49.8 Å². The van der Waals surface area contributed by atoms with Crippen molar-refractivity contribution in [2.24, 2.45) is 0 Å². The fourth-order valence-corrected chi connectivity index (χ4v) is 3.99. The van der Waals surface area contributed by atoms with Crippen LogP contribution in [0.25, 0.3) is 22.2 Å². The number of pyridine rings is 1. The first kappa shape index (κ1) is 17.5. The molecule has 0 saturated carbocycles. The fraction of sp³-hybridized carbons (Fsp3) is 0.429. The molecule has 0 spiro atoms. The average Bonchev–Trinajstić information content (AvgIpc) is 3.21. The molecule has 2 aliphatic heterocycles. The molecule has 28 heavy (non-hydrogen) atoms. The SMILES string of the molecule is c1cc(-c2n[nH]c3ccnc(NC4CCOCC4)c23)cc(N2CCOCC2)c1. The van der Waals surface area contributed by atoms with Crippen molar-refractivity contribution in [3.8, 4) is 11.3 Å². The minimum atomic E-state index is 0.384. The van der Waals surface area contributed by atoms with Gasteiger partial charge in [-0.05, 0) is 31.0 Å². The van der Waals surface area contributed by atoms with Crippen LogP contribution in [0.4, 0.5) is 11.5 Å². The highest BCUT2D eigenvalue weighted by Gasteiger charge is 2.19. The number of morpholine rings is 1. The van der Waals surface area contributed by atoms with Crippen LogP contribution in [0.2, 0.25) is 0 Å². The maximum absolute atomic E-state index is 5.48. The molecule has 2 aromatic heterocycles. The van der Waals surface area contributed by atoms with Crippen LogP contribution in [0.3, 0.4) is 0 Å². The molecular weight excluding hydrogens is 354 g/mol. The van der Waals surface area contributed by atoms with Crippen molar-refractivity contribution < 1.29 is 9.47 Å². The van der Waals surface area contributed by atoms with Gasteiger partial charge in [-0.15, -0.1) is 0 Å². The summed E-state index contributed by atoms with van der Waals surface area (Å²) in [5.74, 6) is 0.893. The number of aromatic amines is 1. The summed E-state index contributed by atoms with van der Waals surface area (Å²) in [6.45, 7) is 4.99. The molecule has 0 amide bonds. The van der Waals surface area contributed by atoms with Gasteiger partial charge in [-0.3, -0.25) is 5.10 Å². The van der Waals surface area contributed by atoms with Crippen LogP contribution in [-0.4, -0.2) is 60.7 Å². The summed E-state index contributed by atoms with van der Waals surface area (Å²) in [7, 11) is 0. The summed E-state index contributed by atoms with van der Waals surface area (Å²) < 4.78 is 11.0. The Morgan fingerprint density at radius 2 is 1.86 bits per heavy atom. The number of rotatable bonds is 4. The van der Waals surface area contributed by atoms with E-state index in [1.807, 2.05) is 12.3 Å². The number of ether oxygens (including phenoxy) is 2. The van der Waals surface area contributed by atoms with Crippen LogP contribution in [-0.2, 0) is 9.47 Å². The Bertz CT molecular complexity index is 945. The monoisotopic (exact) mass is 379 g/mol. The Morgan fingerprint density at radius 1 is 1.04 bits per heavy atom. The predicted octanol–water partition coefficient (Wildman–Crippen LogP) is 3.05. The van der Waals surface area contributed by atoms with Crippen LogP contribution in [0.15, 0.2) is 36.5 Å². The normalized spacial score (nSPS) is 18.5. The smallest absolute Gasteiger partial charge is 0.137 e. The zero-order valence-electron chi connectivity index (χ0n) is 15.9. The molecule has 7 nitrogen and oxygen atoms in total.